The van der Waals surface area contributed by atoms with Gasteiger partial charge in [0.25, 0.3) is 0 Å². The third-order valence-corrected chi connectivity index (χ3v) is 3.91. The summed E-state index contributed by atoms with van der Waals surface area (Å²) in [5, 5.41) is 2.26. The first-order chi connectivity index (χ1) is 5.92. The molecule has 0 amide bonds. The van der Waals surface area contributed by atoms with Crippen LogP contribution in [-0.4, -0.2) is 0 Å². The minimum absolute atomic E-state index is 0.902. The predicted molar refractivity (Wildman–Crippen MR) is 54.9 cm³/mol. The highest BCUT2D eigenvalue weighted by atomic mass is 32.1. The van der Waals surface area contributed by atoms with E-state index >= 15 is 0 Å². The third kappa shape index (κ3) is 1.42. The van der Waals surface area contributed by atoms with E-state index in [2.05, 4.69) is 18.4 Å². The fourth-order valence-electron chi connectivity index (χ4n) is 2.21. The maximum absolute atomic E-state index is 2.32. The molecule has 0 spiro atoms. The molecule has 1 aromatic rings. The molecule has 12 heavy (non-hydrogen) atoms. The molecular weight excluding hydrogens is 164 g/mol. The second kappa shape index (κ2) is 3.61. The average molecular weight is 180 g/mol. The van der Waals surface area contributed by atoms with Crippen LogP contribution in [0, 0.1) is 0 Å². The molecule has 1 aromatic heterocycles. The number of hydrogen-bond acceptors (Lipinski definition) is 1. The van der Waals surface area contributed by atoms with Gasteiger partial charge in [0.15, 0.2) is 0 Å². The van der Waals surface area contributed by atoms with Gasteiger partial charge in [-0.15, -0.1) is 11.3 Å². The van der Waals surface area contributed by atoms with Crippen LogP contribution in [0.3, 0.4) is 0 Å². The fourth-order valence-corrected chi connectivity index (χ4v) is 3.33. The Hall–Kier alpha value is -0.300. The Balaban J connectivity index is 2.19. The summed E-state index contributed by atoms with van der Waals surface area (Å²) in [4.78, 5) is 1.70. The molecule has 0 fully saturated rings. The van der Waals surface area contributed by atoms with Crippen molar-refractivity contribution in [2.45, 2.75) is 44.9 Å². The van der Waals surface area contributed by atoms with Gasteiger partial charge < -0.3 is 0 Å². The SMILES string of the molecule is CCCC1CCCc2ccsc21. The molecule has 1 heterocycles. The quantitative estimate of drug-likeness (QED) is 0.646. The third-order valence-electron chi connectivity index (χ3n) is 2.79. The highest BCUT2D eigenvalue weighted by Gasteiger charge is 2.19. The summed E-state index contributed by atoms with van der Waals surface area (Å²) in [7, 11) is 0. The maximum atomic E-state index is 2.32. The standard InChI is InChI=1S/C11H16S/c1-2-4-9-5-3-6-10-7-8-12-11(9)10/h7-9H,2-6H2,1H3. The molecule has 1 unspecified atom stereocenters. The van der Waals surface area contributed by atoms with Crippen molar-refractivity contribution < 1.29 is 0 Å². The van der Waals surface area contributed by atoms with Gasteiger partial charge in [-0.1, -0.05) is 13.3 Å². The molecule has 1 atom stereocenters. The summed E-state index contributed by atoms with van der Waals surface area (Å²) in [6.07, 6.45) is 6.91. The van der Waals surface area contributed by atoms with E-state index in [1.165, 1.54) is 32.1 Å². The van der Waals surface area contributed by atoms with E-state index in [0.29, 0.717) is 0 Å². The molecule has 66 valence electrons. The van der Waals surface area contributed by atoms with Gasteiger partial charge in [0.05, 0.1) is 0 Å². The summed E-state index contributed by atoms with van der Waals surface area (Å²) < 4.78 is 0. The lowest BCUT2D eigenvalue weighted by Crippen LogP contribution is -2.05. The Morgan fingerprint density at radius 1 is 1.58 bits per heavy atom. The maximum Gasteiger partial charge on any atom is 0.0108 e. The number of aryl methyl sites for hydroxylation is 1. The van der Waals surface area contributed by atoms with E-state index in [4.69, 9.17) is 0 Å². The van der Waals surface area contributed by atoms with Crippen LogP contribution in [0.1, 0.15) is 49.0 Å². The van der Waals surface area contributed by atoms with Gasteiger partial charge in [0.2, 0.25) is 0 Å². The van der Waals surface area contributed by atoms with Crippen molar-refractivity contribution in [2.75, 3.05) is 0 Å². The van der Waals surface area contributed by atoms with Gasteiger partial charge in [-0.3, -0.25) is 0 Å². The van der Waals surface area contributed by atoms with Crippen LogP contribution in [0.5, 0.6) is 0 Å². The van der Waals surface area contributed by atoms with Crippen LogP contribution < -0.4 is 0 Å². The first kappa shape index (κ1) is 8.31. The van der Waals surface area contributed by atoms with Gasteiger partial charge in [-0.2, -0.15) is 0 Å². The first-order valence-corrected chi connectivity index (χ1v) is 5.86. The first-order valence-electron chi connectivity index (χ1n) is 4.98. The predicted octanol–water partition coefficient (Wildman–Crippen LogP) is 3.97. The molecule has 1 aliphatic rings. The van der Waals surface area contributed by atoms with E-state index in [1.807, 2.05) is 11.3 Å². The van der Waals surface area contributed by atoms with Crippen LogP contribution in [0.2, 0.25) is 0 Å². The number of thiophene rings is 1. The summed E-state index contributed by atoms with van der Waals surface area (Å²) in [5.41, 5.74) is 1.64. The highest BCUT2D eigenvalue weighted by Crippen LogP contribution is 2.37. The lowest BCUT2D eigenvalue weighted by atomic mass is 9.87. The topological polar surface area (TPSA) is 0 Å². The summed E-state index contributed by atoms with van der Waals surface area (Å²) in [6, 6.07) is 2.32. The minimum Gasteiger partial charge on any atom is -0.148 e. The molecule has 0 aliphatic heterocycles. The van der Waals surface area contributed by atoms with Crippen molar-refractivity contribution in [3.05, 3.63) is 21.9 Å². The molecule has 0 bridgehead atoms. The molecular formula is C11H16S. The summed E-state index contributed by atoms with van der Waals surface area (Å²) in [5.74, 6) is 0.902. The molecule has 2 rings (SSSR count). The molecule has 1 aliphatic carbocycles. The Labute approximate surface area is 78.6 Å². The second-order valence-corrected chi connectivity index (χ2v) is 4.64. The van der Waals surface area contributed by atoms with E-state index in [1.54, 1.807) is 10.4 Å². The lowest BCUT2D eigenvalue weighted by Gasteiger charge is -2.21. The zero-order valence-electron chi connectivity index (χ0n) is 7.68. The monoisotopic (exact) mass is 180 g/mol. The average Bonchev–Trinajstić information content (AvgIpc) is 2.53. The molecule has 0 saturated carbocycles. The Bertz CT molecular complexity index is 249. The van der Waals surface area contributed by atoms with Crippen LogP contribution in [0.25, 0.3) is 0 Å². The largest absolute Gasteiger partial charge is 0.148 e. The van der Waals surface area contributed by atoms with Crippen LogP contribution in [0.4, 0.5) is 0 Å². The van der Waals surface area contributed by atoms with E-state index < -0.39 is 0 Å². The number of rotatable bonds is 2. The number of hydrogen-bond donors (Lipinski definition) is 0. The van der Waals surface area contributed by atoms with Crippen molar-refractivity contribution in [3.8, 4) is 0 Å². The van der Waals surface area contributed by atoms with Gasteiger partial charge >= 0.3 is 0 Å². The summed E-state index contributed by atoms with van der Waals surface area (Å²) in [6.45, 7) is 2.29. The molecule has 0 nitrogen and oxygen atoms in total. The molecule has 0 saturated heterocycles. The Morgan fingerprint density at radius 3 is 3.33 bits per heavy atom. The van der Waals surface area contributed by atoms with Crippen molar-refractivity contribution in [1.82, 2.24) is 0 Å². The number of fused-ring (bicyclic) bond motifs is 1. The second-order valence-electron chi connectivity index (χ2n) is 3.69. The van der Waals surface area contributed by atoms with Crippen LogP contribution >= 0.6 is 11.3 Å². The molecule has 0 N–H and O–H groups in total. The van der Waals surface area contributed by atoms with Crippen LogP contribution in [-0.2, 0) is 6.42 Å². The molecule has 0 radical (unpaired) electrons. The van der Waals surface area contributed by atoms with Crippen LogP contribution in [0.15, 0.2) is 11.4 Å². The molecule has 0 aromatic carbocycles. The highest BCUT2D eigenvalue weighted by molar-refractivity contribution is 7.10. The van der Waals surface area contributed by atoms with Crippen molar-refractivity contribution >= 4 is 11.3 Å². The van der Waals surface area contributed by atoms with Gasteiger partial charge in [0, 0.05) is 4.88 Å². The van der Waals surface area contributed by atoms with Gasteiger partial charge in [-0.05, 0) is 48.6 Å². The zero-order valence-corrected chi connectivity index (χ0v) is 8.49. The van der Waals surface area contributed by atoms with E-state index in [-0.39, 0.29) is 0 Å². The Kier molecular flexibility index (Phi) is 2.50. The van der Waals surface area contributed by atoms with Gasteiger partial charge in [0.1, 0.15) is 0 Å². The van der Waals surface area contributed by atoms with Gasteiger partial charge in [-0.25, -0.2) is 0 Å². The molecule has 1 heteroatoms. The summed E-state index contributed by atoms with van der Waals surface area (Å²) >= 11 is 1.97. The normalized spacial score (nSPS) is 22.2. The van der Waals surface area contributed by atoms with Crippen molar-refractivity contribution in [1.29, 1.82) is 0 Å². The Morgan fingerprint density at radius 2 is 2.50 bits per heavy atom. The minimum atomic E-state index is 0.902. The van der Waals surface area contributed by atoms with Crippen molar-refractivity contribution in [3.63, 3.8) is 0 Å². The smallest absolute Gasteiger partial charge is 0.0108 e. The van der Waals surface area contributed by atoms with E-state index in [9.17, 15) is 0 Å². The van der Waals surface area contributed by atoms with Crippen molar-refractivity contribution in [2.24, 2.45) is 0 Å². The fraction of sp³-hybridized carbons (Fsp3) is 0.636. The zero-order chi connectivity index (χ0) is 8.39. The lowest BCUT2D eigenvalue weighted by molar-refractivity contribution is 0.524. The van der Waals surface area contributed by atoms with E-state index in [0.717, 1.165) is 5.92 Å².